The van der Waals surface area contributed by atoms with Crippen LogP contribution in [0.15, 0.2) is 24.3 Å². The van der Waals surface area contributed by atoms with Crippen molar-refractivity contribution in [1.29, 1.82) is 0 Å². The highest BCUT2D eigenvalue weighted by Crippen LogP contribution is 2.21. The van der Waals surface area contributed by atoms with Gasteiger partial charge in [0, 0.05) is 13.0 Å². The summed E-state index contributed by atoms with van der Waals surface area (Å²) in [6, 6.07) is 6.34. The third-order valence-electron chi connectivity index (χ3n) is 3.45. The van der Waals surface area contributed by atoms with Crippen molar-refractivity contribution in [3.63, 3.8) is 0 Å². The van der Waals surface area contributed by atoms with Crippen molar-refractivity contribution in [2.24, 2.45) is 0 Å². The van der Waals surface area contributed by atoms with Crippen LogP contribution in [0.1, 0.15) is 12.0 Å². The van der Waals surface area contributed by atoms with E-state index in [1.165, 1.54) is 7.11 Å². The van der Waals surface area contributed by atoms with Gasteiger partial charge >= 0.3 is 6.18 Å². The molecule has 0 saturated carbocycles. The number of ether oxygens (including phenoxy) is 1. The largest absolute Gasteiger partial charge is 0.497 e. The quantitative estimate of drug-likeness (QED) is 0.890. The van der Waals surface area contributed by atoms with Gasteiger partial charge in [-0.05, 0) is 17.7 Å². The summed E-state index contributed by atoms with van der Waals surface area (Å²) < 4.78 is 42.1. The summed E-state index contributed by atoms with van der Waals surface area (Å²) in [6.45, 7) is -1.41. The summed E-state index contributed by atoms with van der Waals surface area (Å²) >= 11 is 0. The van der Waals surface area contributed by atoms with Crippen molar-refractivity contribution >= 4 is 11.8 Å². The van der Waals surface area contributed by atoms with E-state index in [0.29, 0.717) is 5.75 Å². The first-order chi connectivity index (χ1) is 10.8. The van der Waals surface area contributed by atoms with Crippen molar-refractivity contribution in [1.82, 2.24) is 10.2 Å². The molecular weight excluding hydrogens is 313 g/mol. The number of nitrogens with zero attached hydrogens (tertiary/aromatic N) is 1. The zero-order valence-corrected chi connectivity index (χ0v) is 12.5. The number of amides is 2. The third-order valence-corrected chi connectivity index (χ3v) is 3.45. The fourth-order valence-electron chi connectivity index (χ4n) is 2.48. The van der Waals surface area contributed by atoms with Crippen molar-refractivity contribution in [2.75, 3.05) is 20.2 Å². The lowest BCUT2D eigenvalue weighted by molar-refractivity contribution is -0.157. The molecule has 1 aliphatic heterocycles. The highest BCUT2D eigenvalue weighted by molar-refractivity contribution is 5.83. The number of nitrogens with one attached hydrogen (secondary N) is 1. The van der Waals surface area contributed by atoms with Crippen LogP contribution in [0.4, 0.5) is 13.2 Å². The monoisotopic (exact) mass is 330 g/mol. The Morgan fingerprint density at radius 3 is 2.83 bits per heavy atom. The third kappa shape index (κ3) is 5.15. The fraction of sp³-hybridized carbons (Fsp3) is 0.467. The molecule has 0 aromatic heterocycles. The molecule has 0 unspecified atom stereocenters. The molecule has 0 spiro atoms. The lowest BCUT2D eigenvalue weighted by Crippen LogP contribution is -2.40. The van der Waals surface area contributed by atoms with Crippen LogP contribution < -0.4 is 10.1 Å². The molecular formula is C15H17F3N2O3. The second-order valence-corrected chi connectivity index (χ2v) is 5.39. The summed E-state index contributed by atoms with van der Waals surface area (Å²) in [4.78, 5) is 24.2. The van der Waals surface area contributed by atoms with Crippen LogP contribution >= 0.6 is 0 Å². The number of hydrogen-bond acceptors (Lipinski definition) is 3. The second-order valence-electron chi connectivity index (χ2n) is 5.39. The maximum atomic E-state index is 12.3. The topological polar surface area (TPSA) is 58.6 Å². The number of carbonyl (C=O) groups is 2. The van der Waals surface area contributed by atoms with E-state index in [2.05, 4.69) is 5.32 Å². The van der Waals surface area contributed by atoms with E-state index in [1.54, 1.807) is 24.3 Å². The van der Waals surface area contributed by atoms with Crippen LogP contribution in [0.5, 0.6) is 5.75 Å². The number of likely N-dealkylation sites (tertiary alicyclic amines) is 1. The summed E-state index contributed by atoms with van der Waals surface area (Å²) in [5.41, 5.74) is 0.721. The fourth-order valence-corrected chi connectivity index (χ4v) is 2.48. The Hall–Kier alpha value is -2.25. The number of hydrogen-bond donors (Lipinski definition) is 1. The van der Waals surface area contributed by atoms with Gasteiger partial charge < -0.3 is 15.0 Å². The molecule has 126 valence electrons. The van der Waals surface area contributed by atoms with Gasteiger partial charge in [0.05, 0.1) is 19.6 Å². The Balaban J connectivity index is 1.87. The summed E-state index contributed by atoms with van der Waals surface area (Å²) in [5.74, 6) is -0.332. The maximum Gasteiger partial charge on any atom is 0.406 e. The van der Waals surface area contributed by atoms with Gasteiger partial charge in [0.15, 0.2) is 0 Å². The van der Waals surface area contributed by atoms with E-state index in [9.17, 15) is 22.8 Å². The minimum absolute atomic E-state index is 0.0706. The van der Waals surface area contributed by atoms with E-state index in [4.69, 9.17) is 4.74 Å². The summed E-state index contributed by atoms with van der Waals surface area (Å²) in [5, 5.41) is 2.60. The van der Waals surface area contributed by atoms with Gasteiger partial charge in [-0.25, -0.2) is 0 Å². The molecule has 1 fully saturated rings. The Bertz CT molecular complexity index is 590. The number of alkyl halides is 3. The molecule has 1 N–H and O–H groups in total. The average molecular weight is 330 g/mol. The minimum atomic E-state index is -4.44. The first-order valence-corrected chi connectivity index (χ1v) is 7.03. The molecule has 1 aromatic rings. The molecule has 8 heteroatoms. The molecule has 1 heterocycles. The Kier molecular flexibility index (Phi) is 5.12. The lowest BCUT2D eigenvalue weighted by Gasteiger charge is -2.18. The van der Waals surface area contributed by atoms with Crippen LogP contribution in [0.3, 0.4) is 0 Å². The highest BCUT2D eigenvalue weighted by atomic mass is 19.4. The lowest BCUT2D eigenvalue weighted by atomic mass is 10.1. The van der Waals surface area contributed by atoms with Crippen molar-refractivity contribution in [3.05, 3.63) is 29.8 Å². The number of carbonyl (C=O) groups excluding carboxylic acids is 2. The number of methoxy groups -OCH3 is 1. The Labute approximate surface area is 131 Å². The molecule has 1 aliphatic rings. The van der Waals surface area contributed by atoms with Gasteiger partial charge in [-0.3, -0.25) is 9.59 Å². The minimum Gasteiger partial charge on any atom is -0.497 e. The van der Waals surface area contributed by atoms with Crippen LogP contribution in [0, 0.1) is 0 Å². The van der Waals surface area contributed by atoms with Crippen molar-refractivity contribution < 1.29 is 27.5 Å². The molecule has 2 amide bonds. The van der Waals surface area contributed by atoms with Crippen molar-refractivity contribution in [2.45, 2.75) is 25.1 Å². The molecule has 2 rings (SSSR count). The van der Waals surface area contributed by atoms with Gasteiger partial charge in [-0.15, -0.1) is 0 Å². The van der Waals surface area contributed by atoms with E-state index in [-0.39, 0.29) is 25.3 Å². The first-order valence-electron chi connectivity index (χ1n) is 7.03. The molecule has 0 aliphatic carbocycles. The number of benzene rings is 1. The Morgan fingerprint density at radius 2 is 2.17 bits per heavy atom. The van der Waals surface area contributed by atoms with Crippen LogP contribution in [0.2, 0.25) is 0 Å². The number of halogens is 3. The molecule has 0 bridgehead atoms. The zero-order valence-electron chi connectivity index (χ0n) is 12.5. The standard InChI is InChI=1S/C15H17F3N2O3/c1-23-12-4-2-3-10(5-12)6-13(21)19-11-7-14(22)20(8-11)9-15(16,17)18/h2-5,11H,6-9H2,1H3,(H,19,21)/t11-/m0/s1. The maximum absolute atomic E-state index is 12.3. The average Bonchev–Trinajstić information content (AvgIpc) is 2.76. The van der Waals surface area contributed by atoms with Crippen molar-refractivity contribution in [3.8, 4) is 5.75 Å². The molecule has 1 atom stereocenters. The SMILES string of the molecule is COc1cccc(CC(=O)N[C@H]2CC(=O)N(CC(F)(F)F)C2)c1. The van der Waals surface area contributed by atoms with Gasteiger partial charge in [-0.2, -0.15) is 13.2 Å². The summed E-state index contributed by atoms with van der Waals surface area (Å²) in [7, 11) is 1.51. The highest BCUT2D eigenvalue weighted by Gasteiger charge is 2.38. The zero-order chi connectivity index (χ0) is 17.0. The molecule has 0 radical (unpaired) electrons. The Morgan fingerprint density at radius 1 is 1.43 bits per heavy atom. The van der Waals surface area contributed by atoms with E-state index < -0.39 is 24.7 Å². The van der Waals surface area contributed by atoms with E-state index in [0.717, 1.165) is 10.5 Å². The second kappa shape index (κ2) is 6.89. The predicted octanol–water partition coefficient (Wildman–Crippen LogP) is 1.52. The normalized spacial score (nSPS) is 18.2. The van der Waals surface area contributed by atoms with E-state index >= 15 is 0 Å². The molecule has 1 aromatic carbocycles. The number of rotatable bonds is 5. The van der Waals surface area contributed by atoms with Gasteiger partial charge in [-0.1, -0.05) is 12.1 Å². The van der Waals surface area contributed by atoms with Gasteiger partial charge in [0.25, 0.3) is 0 Å². The van der Waals surface area contributed by atoms with Gasteiger partial charge in [0.2, 0.25) is 11.8 Å². The smallest absolute Gasteiger partial charge is 0.406 e. The first kappa shape index (κ1) is 17.1. The van der Waals surface area contributed by atoms with Crippen LogP contribution in [-0.4, -0.2) is 49.1 Å². The van der Waals surface area contributed by atoms with Gasteiger partial charge in [0.1, 0.15) is 12.3 Å². The molecule has 23 heavy (non-hydrogen) atoms. The summed E-state index contributed by atoms with van der Waals surface area (Å²) in [6.07, 6.45) is -4.48. The van der Waals surface area contributed by atoms with E-state index in [1.807, 2.05) is 0 Å². The predicted molar refractivity (Wildman–Crippen MR) is 75.9 cm³/mol. The molecule has 1 saturated heterocycles. The van der Waals surface area contributed by atoms with Crippen LogP contribution in [-0.2, 0) is 16.0 Å². The van der Waals surface area contributed by atoms with Crippen LogP contribution in [0.25, 0.3) is 0 Å². The molecule has 5 nitrogen and oxygen atoms in total.